The summed E-state index contributed by atoms with van der Waals surface area (Å²) in [7, 11) is 0. The molecule has 20 heavy (non-hydrogen) atoms. The summed E-state index contributed by atoms with van der Waals surface area (Å²) in [4.78, 5) is 4.68. The zero-order chi connectivity index (χ0) is 14.2. The van der Waals surface area contributed by atoms with Crippen LogP contribution >= 0.6 is 0 Å². The van der Waals surface area contributed by atoms with Crippen LogP contribution in [0.15, 0.2) is 0 Å². The number of halogens is 3. The third kappa shape index (κ3) is 3.48. The maximum absolute atomic E-state index is 12.3. The number of hydrogen-bond donors (Lipinski definition) is 0. The van der Waals surface area contributed by atoms with Crippen LogP contribution in [0.5, 0.6) is 0 Å². The van der Waals surface area contributed by atoms with Crippen molar-refractivity contribution in [3.8, 4) is 0 Å². The van der Waals surface area contributed by atoms with Crippen LogP contribution in [0.2, 0.25) is 0 Å². The molecule has 2 heterocycles. The highest BCUT2D eigenvalue weighted by Gasteiger charge is 2.44. The van der Waals surface area contributed by atoms with Crippen LogP contribution in [0.4, 0.5) is 13.2 Å². The second kappa shape index (κ2) is 5.48. The van der Waals surface area contributed by atoms with Crippen molar-refractivity contribution in [2.45, 2.75) is 56.7 Å². The van der Waals surface area contributed by atoms with Crippen molar-refractivity contribution in [3.05, 3.63) is 0 Å². The summed E-state index contributed by atoms with van der Waals surface area (Å²) in [5.74, 6) is 0.910. The summed E-state index contributed by atoms with van der Waals surface area (Å²) in [5.41, 5.74) is 0.331. The lowest BCUT2D eigenvalue weighted by Gasteiger charge is -2.45. The third-order valence-electron chi connectivity index (χ3n) is 5.41. The maximum Gasteiger partial charge on any atom is 0.390 e. The average Bonchev–Trinajstić information content (AvgIpc) is 3.12. The standard InChI is InChI=1S/C15H25F3N2/c16-15(17,18)7-11-19-9-5-14(6-10-19)4-1-8-20(14)12-13-2-3-13/h13H,1-12H2. The molecule has 0 aromatic heterocycles. The van der Waals surface area contributed by atoms with E-state index in [-0.39, 0.29) is 6.54 Å². The molecule has 116 valence electrons. The van der Waals surface area contributed by atoms with Gasteiger partial charge in [-0.2, -0.15) is 13.2 Å². The van der Waals surface area contributed by atoms with Gasteiger partial charge in [-0.15, -0.1) is 0 Å². The van der Waals surface area contributed by atoms with E-state index in [9.17, 15) is 13.2 Å². The summed E-state index contributed by atoms with van der Waals surface area (Å²) >= 11 is 0. The minimum absolute atomic E-state index is 0.183. The van der Waals surface area contributed by atoms with Gasteiger partial charge in [-0.3, -0.25) is 4.90 Å². The molecule has 0 aromatic carbocycles. The van der Waals surface area contributed by atoms with E-state index in [1.165, 1.54) is 38.8 Å². The Balaban J connectivity index is 1.49. The molecular weight excluding hydrogens is 265 g/mol. The molecule has 0 bridgehead atoms. The SMILES string of the molecule is FC(F)(F)CCN1CCC2(CCCN2CC2CC2)CC1. The molecule has 1 saturated carbocycles. The summed E-state index contributed by atoms with van der Waals surface area (Å²) in [5, 5.41) is 0. The first kappa shape index (κ1) is 14.6. The van der Waals surface area contributed by atoms with Crippen molar-refractivity contribution >= 4 is 0 Å². The van der Waals surface area contributed by atoms with E-state index in [2.05, 4.69) is 4.90 Å². The molecule has 3 fully saturated rings. The number of piperidine rings is 1. The van der Waals surface area contributed by atoms with Gasteiger partial charge in [-0.25, -0.2) is 0 Å². The largest absolute Gasteiger partial charge is 0.390 e. The molecular formula is C15H25F3N2. The Hall–Kier alpha value is -0.290. The smallest absolute Gasteiger partial charge is 0.303 e. The van der Waals surface area contributed by atoms with Gasteiger partial charge in [0.25, 0.3) is 0 Å². The van der Waals surface area contributed by atoms with E-state index in [0.29, 0.717) is 5.54 Å². The van der Waals surface area contributed by atoms with Gasteiger partial charge >= 0.3 is 6.18 Å². The average molecular weight is 290 g/mol. The van der Waals surface area contributed by atoms with Gasteiger partial charge in [0.2, 0.25) is 0 Å². The molecule has 1 spiro atoms. The second-order valence-corrected chi connectivity index (χ2v) is 6.92. The number of nitrogens with zero attached hydrogens (tertiary/aromatic N) is 2. The van der Waals surface area contributed by atoms with Crippen LogP contribution in [0.3, 0.4) is 0 Å². The highest BCUT2D eigenvalue weighted by Crippen LogP contribution is 2.41. The van der Waals surface area contributed by atoms with Crippen molar-refractivity contribution in [1.82, 2.24) is 9.80 Å². The van der Waals surface area contributed by atoms with E-state index in [4.69, 9.17) is 0 Å². The molecule has 2 saturated heterocycles. The van der Waals surface area contributed by atoms with Gasteiger partial charge in [0.05, 0.1) is 6.42 Å². The summed E-state index contributed by atoms with van der Waals surface area (Å²) in [6.45, 7) is 4.32. The number of hydrogen-bond acceptors (Lipinski definition) is 2. The summed E-state index contributed by atoms with van der Waals surface area (Å²) < 4.78 is 36.8. The second-order valence-electron chi connectivity index (χ2n) is 6.92. The van der Waals surface area contributed by atoms with E-state index in [1.807, 2.05) is 4.90 Å². The Bertz CT molecular complexity index is 331. The van der Waals surface area contributed by atoms with Gasteiger partial charge in [0.1, 0.15) is 0 Å². The fourth-order valence-corrected chi connectivity index (χ4v) is 3.94. The van der Waals surface area contributed by atoms with Crippen LogP contribution in [0, 0.1) is 5.92 Å². The van der Waals surface area contributed by atoms with Gasteiger partial charge in [-0.05, 0) is 64.1 Å². The first-order chi connectivity index (χ1) is 9.47. The fraction of sp³-hybridized carbons (Fsp3) is 1.00. The zero-order valence-electron chi connectivity index (χ0n) is 12.1. The van der Waals surface area contributed by atoms with E-state index in [0.717, 1.165) is 31.8 Å². The van der Waals surface area contributed by atoms with Crippen LogP contribution in [0.1, 0.15) is 44.9 Å². The molecule has 0 atom stereocenters. The molecule has 0 amide bonds. The minimum atomic E-state index is -4.01. The normalized spacial score (nSPS) is 28.4. The molecule has 3 rings (SSSR count). The lowest BCUT2D eigenvalue weighted by atomic mass is 9.84. The predicted molar refractivity (Wildman–Crippen MR) is 72.6 cm³/mol. The van der Waals surface area contributed by atoms with Crippen molar-refractivity contribution in [2.24, 2.45) is 5.92 Å². The van der Waals surface area contributed by atoms with Crippen molar-refractivity contribution in [3.63, 3.8) is 0 Å². The lowest BCUT2D eigenvalue weighted by molar-refractivity contribution is -0.139. The number of likely N-dealkylation sites (tertiary alicyclic amines) is 2. The van der Waals surface area contributed by atoms with Crippen LogP contribution in [-0.4, -0.2) is 54.2 Å². The lowest BCUT2D eigenvalue weighted by Crippen LogP contribution is -2.52. The van der Waals surface area contributed by atoms with Crippen LogP contribution in [-0.2, 0) is 0 Å². The first-order valence-electron chi connectivity index (χ1n) is 8.01. The Morgan fingerprint density at radius 1 is 1.00 bits per heavy atom. The molecule has 0 radical (unpaired) electrons. The minimum Gasteiger partial charge on any atom is -0.303 e. The molecule has 1 aliphatic carbocycles. The monoisotopic (exact) mass is 290 g/mol. The molecule has 0 aromatic rings. The Morgan fingerprint density at radius 2 is 1.70 bits per heavy atom. The van der Waals surface area contributed by atoms with E-state index in [1.54, 1.807) is 0 Å². The van der Waals surface area contributed by atoms with Gasteiger partial charge in [0, 0.05) is 18.6 Å². The predicted octanol–water partition coefficient (Wildman–Crippen LogP) is 3.28. The molecule has 0 unspecified atom stereocenters. The Morgan fingerprint density at radius 3 is 2.30 bits per heavy atom. The molecule has 0 N–H and O–H groups in total. The van der Waals surface area contributed by atoms with Crippen molar-refractivity contribution < 1.29 is 13.2 Å². The van der Waals surface area contributed by atoms with Gasteiger partial charge < -0.3 is 4.90 Å². The molecule has 5 heteroatoms. The van der Waals surface area contributed by atoms with Crippen LogP contribution < -0.4 is 0 Å². The van der Waals surface area contributed by atoms with Crippen molar-refractivity contribution in [1.29, 1.82) is 0 Å². The van der Waals surface area contributed by atoms with E-state index >= 15 is 0 Å². The van der Waals surface area contributed by atoms with E-state index < -0.39 is 12.6 Å². The molecule has 2 nitrogen and oxygen atoms in total. The molecule has 3 aliphatic rings. The zero-order valence-corrected chi connectivity index (χ0v) is 12.1. The highest BCUT2D eigenvalue weighted by atomic mass is 19.4. The summed E-state index contributed by atoms with van der Waals surface area (Å²) in [6.07, 6.45) is 2.75. The van der Waals surface area contributed by atoms with Crippen molar-refractivity contribution in [2.75, 3.05) is 32.7 Å². The Labute approximate surface area is 119 Å². The first-order valence-corrected chi connectivity index (χ1v) is 8.01. The highest BCUT2D eigenvalue weighted by molar-refractivity contribution is 5.00. The van der Waals surface area contributed by atoms with Gasteiger partial charge in [0.15, 0.2) is 0 Å². The topological polar surface area (TPSA) is 6.48 Å². The summed E-state index contributed by atoms with van der Waals surface area (Å²) in [6, 6.07) is 0. The Kier molecular flexibility index (Phi) is 4.01. The quantitative estimate of drug-likeness (QED) is 0.784. The van der Waals surface area contributed by atoms with Gasteiger partial charge in [-0.1, -0.05) is 0 Å². The third-order valence-corrected chi connectivity index (χ3v) is 5.41. The number of rotatable bonds is 4. The fourth-order valence-electron chi connectivity index (χ4n) is 3.94. The number of alkyl halides is 3. The van der Waals surface area contributed by atoms with Crippen LogP contribution in [0.25, 0.3) is 0 Å². The molecule has 2 aliphatic heterocycles. The maximum atomic E-state index is 12.3.